The third kappa shape index (κ3) is 2.88. The summed E-state index contributed by atoms with van der Waals surface area (Å²) in [7, 11) is 0. The van der Waals surface area contributed by atoms with Crippen LogP contribution in [0.2, 0.25) is 0 Å². The van der Waals surface area contributed by atoms with E-state index < -0.39 is 18.0 Å². The number of hydrogen-bond donors (Lipinski definition) is 2. The zero-order valence-corrected chi connectivity index (χ0v) is 9.24. The monoisotopic (exact) mass is 245 g/mol. The van der Waals surface area contributed by atoms with Crippen LogP contribution in [0.25, 0.3) is 0 Å². The second-order valence-corrected chi connectivity index (χ2v) is 3.19. The Morgan fingerprint density at radius 3 is 2.71 bits per heavy atom. The van der Waals surface area contributed by atoms with Crippen molar-refractivity contribution in [2.75, 3.05) is 12.3 Å². The van der Waals surface area contributed by atoms with Gasteiger partial charge in [-0.1, -0.05) is 0 Å². The molecule has 17 heavy (non-hydrogen) atoms. The van der Waals surface area contributed by atoms with Gasteiger partial charge in [-0.2, -0.15) is 0 Å². The molecule has 7 heteroatoms. The SMILES string of the molecule is CCOC(=O)c1c(C(F)F)cc(CN)nc1N. The molecule has 0 aromatic carbocycles. The third-order valence-electron chi connectivity index (χ3n) is 2.05. The van der Waals surface area contributed by atoms with Gasteiger partial charge in [-0.05, 0) is 13.0 Å². The van der Waals surface area contributed by atoms with Crippen molar-refractivity contribution >= 4 is 11.8 Å². The fourth-order valence-corrected chi connectivity index (χ4v) is 1.34. The van der Waals surface area contributed by atoms with Gasteiger partial charge in [0.1, 0.15) is 11.4 Å². The topological polar surface area (TPSA) is 91.2 Å². The maximum absolute atomic E-state index is 12.8. The zero-order chi connectivity index (χ0) is 13.0. The number of aromatic nitrogens is 1. The van der Waals surface area contributed by atoms with Crippen LogP contribution in [0.1, 0.15) is 35.0 Å². The first-order valence-corrected chi connectivity index (χ1v) is 4.95. The van der Waals surface area contributed by atoms with Gasteiger partial charge < -0.3 is 16.2 Å². The zero-order valence-electron chi connectivity index (χ0n) is 9.24. The van der Waals surface area contributed by atoms with Gasteiger partial charge in [0, 0.05) is 12.1 Å². The molecule has 0 fully saturated rings. The number of ether oxygens (including phenoxy) is 1. The number of carbonyl (C=O) groups excluding carboxylic acids is 1. The van der Waals surface area contributed by atoms with E-state index in [0.717, 1.165) is 6.07 Å². The predicted octanol–water partition coefficient (Wildman–Crippen LogP) is 1.24. The number of rotatable bonds is 4. The van der Waals surface area contributed by atoms with Gasteiger partial charge in [0.15, 0.2) is 0 Å². The van der Waals surface area contributed by atoms with Crippen LogP contribution in [-0.2, 0) is 11.3 Å². The summed E-state index contributed by atoms with van der Waals surface area (Å²) in [5.74, 6) is -1.20. The number of nitrogen functional groups attached to an aromatic ring is 1. The van der Waals surface area contributed by atoms with Gasteiger partial charge in [0.2, 0.25) is 0 Å². The molecule has 0 bridgehead atoms. The maximum atomic E-state index is 12.8. The van der Waals surface area contributed by atoms with E-state index in [1.54, 1.807) is 6.92 Å². The standard InChI is InChI=1S/C10H13F2N3O2/c1-2-17-10(16)7-6(8(11)12)3-5(4-13)15-9(7)14/h3,8H,2,4,13H2,1H3,(H2,14,15). The minimum atomic E-state index is -2.84. The quantitative estimate of drug-likeness (QED) is 0.778. The lowest BCUT2D eigenvalue weighted by atomic mass is 10.1. The highest BCUT2D eigenvalue weighted by molar-refractivity contribution is 5.96. The molecule has 1 aromatic rings. The number of esters is 1. The number of hydrogen-bond acceptors (Lipinski definition) is 5. The first kappa shape index (κ1) is 13.3. The van der Waals surface area contributed by atoms with Crippen LogP contribution in [0.4, 0.5) is 14.6 Å². The van der Waals surface area contributed by atoms with Crippen LogP contribution in [-0.4, -0.2) is 17.6 Å². The van der Waals surface area contributed by atoms with Gasteiger partial charge in [0.25, 0.3) is 6.43 Å². The molecule has 0 amide bonds. The molecule has 0 aliphatic heterocycles. The summed E-state index contributed by atoms with van der Waals surface area (Å²) in [6.45, 7) is 1.60. The number of nitrogens with two attached hydrogens (primary N) is 2. The van der Waals surface area contributed by atoms with E-state index in [0.29, 0.717) is 0 Å². The van der Waals surface area contributed by atoms with E-state index >= 15 is 0 Å². The highest BCUT2D eigenvalue weighted by Crippen LogP contribution is 2.27. The minimum Gasteiger partial charge on any atom is -0.462 e. The van der Waals surface area contributed by atoms with Gasteiger partial charge >= 0.3 is 5.97 Å². The maximum Gasteiger partial charge on any atom is 0.342 e. The fraction of sp³-hybridized carbons (Fsp3) is 0.400. The molecule has 0 unspecified atom stereocenters. The predicted molar refractivity (Wildman–Crippen MR) is 57.5 cm³/mol. The summed E-state index contributed by atoms with van der Waals surface area (Å²) in [5, 5.41) is 0. The summed E-state index contributed by atoms with van der Waals surface area (Å²) in [5.41, 5.74) is 10.1. The normalized spacial score (nSPS) is 10.6. The molecule has 0 radical (unpaired) electrons. The summed E-state index contributed by atoms with van der Waals surface area (Å²) >= 11 is 0. The van der Waals surface area contributed by atoms with Crippen molar-refractivity contribution in [3.05, 3.63) is 22.9 Å². The highest BCUT2D eigenvalue weighted by Gasteiger charge is 2.24. The van der Waals surface area contributed by atoms with Crippen molar-refractivity contribution in [1.29, 1.82) is 0 Å². The molecule has 1 rings (SSSR count). The molecule has 94 valence electrons. The van der Waals surface area contributed by atoms with Gasteiger partial charge in [-0.25, -0.2) is 18.6 Å². The first-order chi connectivity index (χ1) is 8.01. The lowest BCUT2D eigenvalue weighted by Gasteiger charge is -2.11. The average Bonchev–Trinajstić information content (AvgIpc) is 2.27. The summed E-state index contributed by atoms with van der Waals surface area (Å²) in [6, 6.07) is 1.06. The Morgan fingerprint density at radius 1 is 1.59 bits per heavy atom. The molecule has 1 aromatic heterocycles. The Labute approximate surface area is 96.8 Å². The van der Waals surface area contributed by atoms with Crippen molar-refractivity contribution in [1.82, 2.24) is 4.98 Å². The van der Waals surface area contributed by atoms with Crippen LogP contribution >= 0.6 is 0 Å². The second kappa shape index (κ2) is 5.53. The van der Waals surface area contributed by atoms with Crippen LogP contribution in [0.5, 0.6) is 0 Å². The van der Waals surface area contributed by atoms with Crippen LogP contribution in [0.15, 0.2) is 6.07 Å². The Bertz CT molecular complexity index is 424. The number of halogens is 2. The molecule has 5 nitrogen and oxygen atoms in total. The third-order valence-corrected chi connectivity index (χ3v) is 2.05. The molecule has 0 saturated heterocycles. The smallest absolute Gasteiger partial charge is 0.342 e. The van der Waals surface area contributed by atoms with E-state index in [-0.39, 0.29) is 30.2 Å². The molecule has 1 heterocycles. The second-order valence-electron chi connectivity index (χ2n) is 3.19. The molecular weight excluding hydrogens is 232 g/mol. The minimum absolute atomic E-state index is 0.0347. The van der Waals surface area contributed by atoms with Crippen molar-refractivity contribution in [2.24, 2.45) is 5.73 Å². The average molecular weight is 245 g/mol. The Kier molecular flexibility index (Phi) is 4.33. The molecule has 0 atom stereocenters. The summed E-state index contributed by atoms with van der Waals surface area (Å²) < 4.78 is 30.2. The van der Waals surface area contributed by atoms with Crippen molar-refractivity contribution < 1.29 is 18.3 Å². The molecular formula is C10H13F2N3O2. The number of anilines is 1. The number of nitrogens with zero attached hydrogens (tertiary/aromatic N) is 1. The first-order valence-electron chi connectivity index (χ1n) is 4.95. The van der Waals surface area contributed by atoms with E-state index in [4.69, 9.17) is 11.5 Å². The van der Waals surface area contributed by atoms with Crippen molar-refractivity contribution in [3.8, 4) is 0 Å². The van der Waals surface area contributed by atoms with E-state index in [1.165, 1.54) is 0 Å². The molecule has 0 spiro atoms. The molecule has 0 aliphatic rings. The van der Waals surface area contributed by atoms with Crippen LogP contribution < -0.4 is 11.5 Å². The largest absolute Gasteiger partial charge is 0.462 e. The van der Waals surface area contributed by atoms with Crippen LogP contribution in [0.3, 0.4) is 0 Å². The van der Waals surface area contributed by atoms with Gasteiger partial charge in [-0.15, -0.1) is 0 Å². The number of pyridine rings is 1. The fourth-order valence-electron chi connectivity index (χ4n) is 1.34. The lowest BCUT2D eigenvalue weighted by molar-refractivity contribution is 0.0516. The van der Waals surface area contributed by atoms with E-state index in [2.05, 4.69) is 9.72 Å². The Morgan fingerprint density at radius 2 is 2.24 bits per heavy atom. The number of alkyl halides is 2. The Hall–Kier alpha value is -1.76. The molecule has 0 saturated carbocycles. The van der Waals surface area contributed by atoms with Crippen LogP contribution in [0, 0.1) is 0 Å². The lowest BCUT2D eigenvalue weighted by Crippen LogP contribution is -2.15. The molecule has 0 aliphatic carbocycles. The summed E-state index contributed by atoms with van der Waals surface area (Å²) in [4.78, 5) is 15.2. The van der Waals surface area contributed by atoms with Crippen molar-refractivity contribution in [2.45, 2.75) is 19.9 Å². The summed E-state index contributed by atoms with van der Waals surface area (Å²) in [6.07, 6.45) is -2.84. The van der Waals surface area contributed by atoms with E-state index in [1.807, 2.05) is 0 Å². The van der Waals surface area contributed by atoms with Gasteiger partial charge in [-0.3, -0.25) is 0 Å². The molecule has 4 N–H and O–H groups in total. The van der Waals surface area contributed by atoms with Crippen molar-refractivity contribution in [3.63, 3.8) is 0 Å². The van der Waals surface area contributed by atoms with Gasteiger partial charge in [0.05, 0.1) is 12.3 Å². The number of carbonyl (C=O) groups is 1. The van der Waals surface area contributed by atoms with E-state index in [9.17, 15) is 13.6 Å². The highest BCUT2D eigenvalue weighted by atomic mass is 19.3. The Balaban J connectivity index is 3.31.